The quantitative estimate of drug-likeness (QED) is 0.889. The number of pyridine rings is 1. The van der Waals surface area contributed by atoms with Crippen LogP contribution in [0.4, 0.5) is 4.39 Å². The van der Waals surface area contributed by atoms with Gasteiger partial charge in [0.05, 0.1) is 17.0 Å². The Morgan fingerprint density at radius 1 is 1.20 bits per heavy atom. The number of likely N-dealkylation sites (tertiary alicyclic amines) is 1. The van der Waals surface area contributed by atoms with E-state index in [2.05, 4.69) is 4.98 Å². The summed E-state index contributed by atoms with van der Waals surface area (Å²) < 4.78 is 13.4. The van der Waals surface area contributed by atoms with Crippen molar-refractivity contribution in [2.24, 2.45) is 17.8 Å². The number of nitrogens with zero attached hydrogens (tertiary/aromatic N) is 1. The molecule has 2 atom stereocenters. The number of carboxylic acids is 1. The summed E-state index contributed by atoms with van der Waals surface area (Å²) in [5, 5.41) is 9.89. The highest BCUT2D eigenvalue weighted by Gasteiger charge is 2.47. The first kappa shape index (κ1) is 15.8. The van der Waals surface area contributed by atoms with Gasteiger partial charge in [-0.05, 0) is 42.9 Å². The summed E-state index contributed by atoms with van der Waals surface area (Å²) in [5.41, 5.74) is -0.0583. The van der Waals surface area contributed by atoms with Crippen LogP contribution in [-0.2, 0) is 4.79 Å². The van der Waals surface area contributed by atoms with Crippen molar-refractivity contribution in [3.05, 3.63) is 46.0 Å². The standard InChI is InChI=1S/C18H17FN2O4/c19-10-3-4-11-12(6-16(22)20-15(11)5-10)17(23)21-7-13(9-1-2-9)14(8-21)18(24)25/h3-6,9,13-14H,1-2,7-8H2,(H,20,22)(H,24,25)/t13-,14+/m1/s1. The number of carbonyl (C=O) groups excluding carboxylic acids is 1. The Morgan fingerprint density at radius 3 is 2.64 bits per heavy atom. The summed E-state index contributed by atoms with van der Waals surface area (Å²) in [6.07, 6.45) is 2.01. The molecule has 2 fully saturated rings. The maximum Gasteiger partial charge on any atom is 0.308 e. The van der Waals surface area contributed by atoms with Crippen molar-refractivity contribution in [2.45, 2.75) is 12.8 Å². The smallest absolute Gasteiger partial charge is 0.308 e. The first-order valence-electron chi connectivity index (χ1n) is 8.28. The van der Waals surface area contributed by atoms with Gasteiger partial charge in [-0.3, -0.25) is 14.4 Å². The Hall–Kier alpha value is -2.70. The minimum absolute atomic E-state index is 0.0350. The van der Waals surface area contributed by atoms with Crippen LogP contribution in [0, 0.1) is 23.6 Å². The van der Waals surface area contributed by atoms with Crippen LogP contribution >= 0.6 is 0 Å². The number of carbonyl (C=O) groups is 2. The van der Waals surface area contributed by atoms with Gasteiger partial charge in [-0.1, -0.05) is 0 Å². The lowest BCUT2D eigenvalue weighted by atomic mass is 9.92. The third kappa shape index (κ3) is 2.79. The second-order valence-electron chi connectivity index (χ2n) is 6.89. The fraction of sp³-hybridized carbons (Fsp3) is 0.389. The Kier molecular flexibility index (Phi) is 3.59. The Balaban J connectivity index is 1.70. The molecular weight excluding hydrogens is 327 g/mol. The molecule has 1 amide bonds. The number of hydrogen-bond acceptors (Lipinski definition) is 3. The van der Waals surface area contributed by atoms with Gasteiger partial charge >= 0.3 is 5.97 Å². The molecule has 2 N–H and O–H groups in total. The van der Waals surface area contributed by atoms with Crippen molar-refractivity contribution in [3.8, 4) is 0 Å². The lowest BCUT2D eigenvalue weighted by Gasteiger charge is -2.17. The van der Waals surface area contributed by atoms with Gasteiger partial charge in [-0.25, -0.2) is 4.39 Å². The van der Waals surface area contributed by atoms with Crippen LogP contribution < -0.4 is 5.56 Å². The number of hydrogen-bond donors (Lipinski definition) is 2. The van der Waals surface area contributed by atoms with Crippen molar-refractivity contribution >= 4 is 22.8 Å². The maximum atomic E-state index is 13.4. The number of aliphatic carboxylic acids is 1. The fourth-order valence-corrected chi connectivity index (χ4v) is 3.84. The van der Waals surface area contributed by atoms with Crippen molar-refractivity contribution in [2.75, 3.05) is 13.1 Å². The van der Waals surface area contributed by atoms with Gasteiger partial charge in [0.25, 0.3) is 5.91 Å². The van der Waals surface area contributed by atoms with Crippen LogP contribution in [-0.4, -0.2) is 40.0 Å². The highest BCUT2D eigenvalue weighted by atomic mass is 19.1. The van der Waals surface area contributed by atoms with E-state index < -0.39 is 23.3 Å². The maximum absolute atomic E-state index is 13.4. The van der Waals surface area contributed by atoms with Crippen LogP contribution in [0.3, 0.4) is 0 Å². The third-order valence-corrected chi connectivity index (χ3v) is 5.23. The molecule has 0 spiro atoms. The highest BCUT2D eigenvalue weighted by Crippen LogP contribution is 2.44. The lowest BCUT2D eigenvalue weighted by Crippen LogP contribution is -2.31. The average Bonchev–Trinajstić information content (AvgIpc) is 3.31. The first-order chi connectivity index (χ1) is 11.9. The topological polar surface area (TPSA) is 90.5 Å². The lowest BCUT2D eigenvalue weighted by molar-refractivity contribution is -0.142. The number of nitrogens with one attached hydrogen (secondary N) is 1. The van der Waals surface area contributed by atoms with E-state index in [4.69, 9.17) is 0 Å². The van der Waals surface area contributed by atoms with Crippen molar-refractivity contribution in [1.29, 1.82) is 0 Å². The molecule has 130 valence electrons. The molecule has 25 heavy (non-hydrogen) atoms. The monoisotopic (exact) mass is 344 g/mol. The van der Waals surface area contributed by atoms with E-state index in [0.29, 0.717) is 17.8 Å². The number of H-pyrrole nitrogens is 1. The molecular formula is C18H17FN2O4. The fourth-order valence-electron chi connectivity index (χ4n) is 3.84. The highest BCUT2D eigenvalue weighted by molar-refractivity contribution is 6.06. The van der Waals surface area contributed by atoms with E-state index in [1.54, 1.807) is 0 Å². The summed E-state index contributed by atoms with van der Waals surface area (Å²) in [6.45, 7) is 0.529. The second-order valence-corrected chi connectivity index (χ2v) is 6.89. The van der Waals surface area contributed by atoms with E-state index in [1.807, 2.05) is 0 Å². The molecule has 1 saturated heterocycles. The number of amides is 1. The number of aromatic nitrogens is 1. The van der Waals surface area contributed by atoms with E-state index in [9.17, 15) is 23.9 Å². The van der Waals surface area contributed by atoms with E-state index in [1.165, 1.54) is 29.2 Å². The second kappa shape index (κ2) is 5.68. The molecule has 0 radical (unpaired) electrons. The normalized spacial score (nSPS) is 23.2. The van der Waals surface area contributed by atoms with E-state index in [-0.39, 0.29) is 29.4 Å². The molecule has 1 aliphatic heterocycles. The summed E-state index contributed by atoms with van der Waals surface area (Å²) in [6, 6.07) is 5.05. The van der Waals surface area contributed by atoms with Gasteiger partial charge in [0.15, 0.2) is 0 Å². The number of aromatic amines is 1. The zero-order valence-electron chi connectivity index (χ0n) is 13.4. The van der Waals surface area contributed by atoms with Gasteiger partial charge in [-0.15, -0.1) is 0 Å². The zero-order valence-corrected chi connectivity index (χ0v) is 13.4. The van der Waals surface area contributed by atoms with Gasteiger partial charge in [-0.2, -0.15) is 0 Å². The summed E-state index contributed by atoms with van der Waals surface area (Å²) in [5.74, 6) is -2.01. The molecule has 1 aromatic heterocycles. The van der Waals surface area contributed by atoms with Crippen LogP contribution in [0.2, 0.25) is 0 Å². The predicted molar refractivity (Wildman–Crippen MR) is 87.8 cm³/mol. The van der Waals surface area contributed by atoms with E-state index in [0.717, 1.165) is 12.8 Å². The molecule has 7 heteroatoms. The first-order valence-corrected chi connectivity index (χ1v) is 8.28. The molecule has 1 aliphatic carbocycles. The van der Waals surface area contributed by atoms with Gasteiger partial charge in [0.2, 0.25) is 5.56 Å². The van der Waals surface area contributed by atoms with Gasteiger partial charge < -0.3 is 15.0 Å². The number of fused-ring (bicyclic) bond motifs is 1. The van der Waals surface area contributed by atoms with Gasteiger partial charge in [0, 0.05) is 24.5 Å². The molecule has 2 aromatic rings. The third-order valence-electron chi connectivity index (χ3n) is 5.23. The van der Waals surface area contributed by atoms with Gasteiger partial charge in [0.1, 0.15) is 5.82 Å². The SMILES string of the molecule is O=C(O)[C@H]1CN(C(=O)c2cc(=O)[nH]c3cc(F)ccc23)C[C@@H]1C1CC1. The average molecular weight is 344 g/mol. The van der Waals surface area contributed by atoms with Crippen molar-refractivity contribution in [1.82, 2.24) is 9.88 Å². The Bertz CT molecular complexity index is 934. The zero-order chi connectivity index (χ0) is 17.7. The number of carboxylic acid groups (broad SMARTS) is 1. The molecule has 0 unspecified atom stereocenters. The summed E-state index contributed by atoms with van der Waals surface area (Å²) >= 11 is 0. The largest absolute Gasteiger partial charge is 0.481 e. The minimum Gasteiger partial charge on any atom is -0.481 e. The van der Waals surface area contributed by atoms with Crippen molar-refractivity contribution in [3.63, 3.8) is 0 Å². The molecule has 0 bridgehead atoms. The summed E-state index contributed by atoms with van der Waals surface area (Å²) in [4.78, 5) is 40.3. The van der Waals surface area contributed by atoms with Crippen LogP contribution in [0.1, 0.15) is 23.2 Å². The minimum atomic E-state index is -0.884. The van der Waals surface area contributed by atoms with Crippen LogP contribution in [0.15, 0.2) is 29.1 Å². The number of halogens is 1. The van der Waals surface area contributed by atoms with E-state index >= 15 is 0 Å². The predicted octanol–water partition coefficient (Wildman–Crippen LogP) is 1.85. The Labute approximate surface area is 142 Å². The Morgan fingerprint density at radius 2 is 1.96 bits per heavy atom. The van der Waals surface area contributed by atoms with Crippen LogP contribution in [0.5, 0.6) is 0 Å². The molecule has 1 aromatic carbocycles. The molecule has 2 aliphatic rings. The molecule has 2 heterocycles. The van der Waals surface area contributed by atoms with Crippen LogP contribution in [0.25, 0.3) is 10.9 Å². The number of rotatable bonds is 3. The summed E-state index contributed by atoms with van der Waals surface area (Å²) in [7, 11) is 0. The number of benzene rings is 1. The molecule has 1 saturated carbocycles. The molecule has 4 rings (SSSR count). The molecule has 6 nitrogen and oxygen atoms in total. The van der Waals surface area contributed by atoms with Crippen molar-refractivity contribution < 1.29 is 19.1 Å².